The third-order valence-electron chi connectivity index (χ3n) is 16.2. The fourth-order valence-electron chi connectivity index (χ4n) is 12.7. The molecule has 0 saturated carbocycles. The van der Waals surface area contributed by atoms with Crippen LogP contribution in [0.25, 0.3) is 33.0 Å². The third kappa shape index (κ3) is 4.98. The molecule has 0 aliphatic heterocycles. The van der Waals surface area contributed by atoms with Gasteiger partial charge >= 0.3 is 0 Å². The van der Waals surface area contributed by atoms with Crippen LogP contribution >= 0.6 is 0 Å². The Kier molecular flexibility index (Phi) is 7.76. The Balaban J connectivity index is 1.16. The van der Waals surface area contributed by atoms with Gasteiger partial charge in [0.1, 0.15) is 0 Å². The first-order chi connectivity index (χ1) is 30.4. The van der Waals surface area contributed by atoms with Crippen LogP contribution in [0.15, 0.2) is 133 Å². The van der Waals surface area contributed by atoms with Crippen molar-refractivity contribution < 1.29 is 0 Å². The minimum atomic E-state index is -0.263. The molecule has 8 aromatic rings. The summed E-state index contributed by atoms with van der Waals surface area (Å²) in [6.45, 7) is 28.8. The summed E-state index contributed by atoms with van der Waals surface area (Å²) in [7, 11) is 0. The number of anilines is 6. The first kappa shape index (κ1) is 39.2. The van der Waals surface area contributed by atoms with Crippen molar-refractivity contribution in [2.75, 3.05) is 9.80 Å². The average Bonchev–Trinajstić information content (AvgIpc) is 3.64. The second-order valence-electron chi connectivity index (χ2n) is 21.8. The van der Waals surface area contributed by atoms with Crippen LogP contribution in [0.5, 0.6) is 0 Å². The minimum Gasteiger partial charge on any atom is -0.310 e. The van der Waals surface area contributed by atoms with Gasteiger partial charge in [-0.25, -0.2) is 0 Å². The number of rotatable bonds is 6. The molecule has 8 aromatic carbocycles. The van der Waals surface area contributed by atoms with Crippen molar-refractivity contribution in [1.29, 1.82) is 0 Å². The van der Waals surface area contributed by atoms with Crippen molar-refractivity contribution in [2.24, 2.45) is 0 Å². The fourth-order valence-corrected chi connectivity index (χ4v) is 12.7. The van der Waals surface area contributed by atoms with Gasteiger partial charge in [-0.3, -0.25) is 0 Å². The second kappa shape index (κ2) is 12.7. The van der Waals surface area contributed by atoms with E-state index in [1.807, 2.05) is 0 Å². The van der Waals surface area contributed by atoms with E-state index in [1.54, 1.807) is 0 Å². The standard InChI is InChI=1S/C62H58N2/c1-35-13-21-39(22-14-35)63(40-23-15-36(2)16-24-40)43-31-47-51-49(33-43)61(9,10)57-55(51)53-45(59(47,5)6)29-30-46-54(53)56-52-48(60(46,7)8)32-44(34-50(52)62(11,12)58(56)57)64(41-25-17-37(3)18-26-41)42-27-19-38(4)20-28-42/h13-34H,1-12H3. The van der Waals surface area contributed by atoms with Gasteiger partial charge < -0.3 is 9.80 Å². The van der Waals surface area contributed by atoms with Gasteiger partial charge in [-0.1, -0.05) is 138 Å². The van der Waals surface area contributed by atoms with E-state index in [0.717, 1.165) is 0 Å². The van der Waals surface area contributed by atoms with Crippen molar-refractivity contribution in [3.63, 3.8) is 0 Å². The summed E-state index contributed by atoms with van der Waals surface area (Å²) in [5.74, 6) is 0. The molecule has 4 aliphatic rings. The fraction of sp³-hybridized carbons (Fsp3) is 0.258. The molecule has 4 aliphatic carbocycles. The summed E-state index contributed by atoms with van der Waals surface area (Å²) in [4.78, 5) is 4.98. The molecule has 2 heteroatoms. The average molecular weight is 831 g/mol. The van der Waals surface area contributed by atoms with Crippen molar-refractivity contribution in [2.45, 2.75) is 105 Å². The molecular formula is C62H58N2. The van der Waals surface area contributed by atoms with Crippen LogP contribution in [0.1, 0.15) is 122 Å². The monoisotopic (exact) mass is 830 g/mol. The molecular weight excluding hydrogens is 773 g/mol. The van der Waals surface area contributed by atoms with Gasteiger partial charge in [-0.15, -0.1) is 0 Å². The van der Waals surface area contributed by atoms with Crippen LogP contribution in [-0.2, 0) is 21.7 Å². The van der Waals surface area contributed by atoms with Crippen molar-refractivity contribution >= 4 is 44.9 Å². The van der Waals surface area contributed by atoms with Gasteiger partial charge in [0, 0.05) is 55.8 Å². The van der Waals surface area contributed by atoms with Gasteiger partial charge in [-0.05, 0) is 178 Å². The minimum absolute atomic E-state index is 0.239. The molecule has 0 saturated heterocycles. The SMILES string of the molecule is Cc1ccc(N(c2ccc(C)cc2)c2cc3c4c(c2)C(C)(C)c2ccc5c6c7c(c(c-4c26)C3(C)C)C(C)(C)c2cc(N(c3ccc(C)cc3)c3ccc(C)cc3)cc(c2-7)C5(C)C)cc1. The summed E-state index contributed by atoms with van der Waals surface area (Å²) in [6.07, 6.45) is 0. The zero-order chi connectivity index (χ0) is 44.6. The topological polar surface area (TPSA) is 6.48 Å². The van der Waals surface area contributed by atoms with Crippen LogP contribution in [0.4, 0.5) is 34.1 Å². The molecule has 0 N–H and O–H groups in total. The van der Waals surface area contributed by atoms with Crippen LogP contribution in [0.2, 0.25) is 0 Å². The van der Waals surface area contributed by atoms with Gasteiger partial charge in [0.15, 0.2) is 0 Å². The highest BCUT2D eigenvalue weighted by Gasteiger charge is 2.54. The molecule has 0 unspecified atom stereocenters. The van der Waals surface area contributed by atoms with Crippen LogP contribution in [0.3, 0.4) is 0 Å². The van der Waals surface area contributed by atoms with E-state index in [0.29, 0.717) is 0 Å². The zero-order valence-corrected chi connectivity index (χ0v) is 39.6. The largest absolute Gasteiger partial charge is 0.310 e. The van der Waals surface area contributed by atoms with E-state index in [1.165, 1.54) is 134 Å². The summed E-state index contributed by atoms with van der Waals surface area (Å²) in [5.41, 5.74) is 28.8. The predicted octanol–water partition coefficient (Wildman–Crippen LogP) is 16.9. The highest BCUT2D eigenvalue weighted by atomic mass is 15.1. The predicted molar refractivity (Wildman–Crippen MR) is 272 cm³/mol. The quantitative estimate of drug-likeness (QED) is 0.165. The maximum Gasteiger partial charge on any atom is 0.0468 e. The summed E-state index contributed by atoms with van der Waals surface area (Å²) >= 11 is 0. The Labute approximate surface area is 380 Å². The lowest BCUT2D eigenvalue weighted by atomic mass is 9.62. The van der Waals surface area contributed by atoms with Gasteiger partial charge in [0.05, 0.1) is 0 Å². The van der Waals surface area contributed by atoms with E-state index in [9.17, 15) is 0 Å². The summed E-state index contributed by atoms with van der Waals surface area (Å²) < 4.78 is 0. The normalized spacial score (nSPS) is 16.6. The number of aryl methyl sites for hydroxylation is 4. The molecule has 12 rings (SSSR count). The zero-order valence-electron chi connectivity index (χ0n) is 39.6. The second-order valence-corrected chi connectivity index (χ2v) is 21.8. The molecule has 0 atom stereocenters. The van der Waals surface area contributed by atoms with Gasteiger partial charge in [-0.2, -0.15) is 0 Å². The Morgan fingerprint density at radius 1 is 0.266 bits per heavy atom. The van der Waals surface area contributed by atoms with Gasteiger partial charge in [0.2, 0.25) is 0 Å². The van der Waals surface area contributed by atoms with Crippen molar-refractivity contribution in [3.05, 3.63) is 200 Å². The Bertz CT molecular complexity index is 3000. The van der Waals surface area contributed by atoms with Crippen LogP contribution in [-0.4, -0.2) is 0 Å². The highest BCUT2D eigenvalue weighted by Crippen LogP contribution is 2.70. The van der Waals surface area contributed by atoms with Crippen LogP contribution in [0, 0.1) is 27.7 Å². The molecule has 0 bridgehead atoms. The lowest BCUT2D eigenvalue weighted by molar-refractivity contribution is 0.600. The molecule has 316 valence electrons. The maximum atomic E-state index is 2.56. The van der Waals surface area contributed by atoms with Crippen LogP contribution < -0.4 is 9.80 Å². The van der Waals surface area contributed by atoms with E-state index in [-0.39, 0.29) is 21.7 Å². The summed E-state index contributed by atoms with van der Waals surface area (Å²) in [5, 5.41) is 2.98. The molecule has 0 fully saturated rings. The molecule has 2 nitrogen and oxygen atoms in total. The Hall–Kier alpha value is -6.38. The van der Waals surface area contributed by atoms with E-state index in [4.69, 9.17) is 0 Å². The smallest absolute Gasteiger partial charge is 0.0468 e. The third-order valence-corrected chi connectivity index (χ3v) is 16.2. The van der Waals surface area contributed by atoms with E-state index >= 15 is 0 Å². The first-order valence-electron chi connectivity index (χ1n) is 23.3. The molecule has 64 heavy (non-hydrogen) atoms. The van der Waals surface area contributed by atoms with Gasteiger partial charge in [0.25, 0.3) is 0 Å². The molecule has 0 aromatic heterocycles. The molecule has 0 radical (unpaired) electrons. The van der Waals surface area contributed by atoms with Crippen molar-refractivity contribution in [1.82, 2.24) is 0 Å². The summed E-state index contributed by atoms with van der Waals surface area (Å²) in [6, 6.07) is 51.5. The lowest BCUT2D eigenvalue weighted by Gasteiger charge is -2.41. The highest BCUT2D eigenvalue weighted by molar-refractivity contribution is 6.19. The first-order valence-corrected chi connectivity index (χ1v) is 23.3. The number of nitrogens with zero attached hydrogens (tertiary/aromatic N) is 2. The number of hydrogen-bond acceptors (Lipinski definition) is 2. The number of fused-ring (bicyclic) bond motifs is 1. The number of hydrogen-bond donors (Lipinski definition) is 0. The van der Waals surface area contributed by atoms with E-state index in [2.05, 4.69) is 226 Å². The molecule has 0 spiro atoms. The Morgan fingerprint density at radius 2 is 0.516 bits per heavy atom. The molecule has 0 amide bonds. The Morgan fingerprint density at radius 3 is 0.781 bits per heavy atom. The lowest BCUT2D eigenvalue weighted by Crippen LogP contribution is -2.28. The van der Waals surface area contributed by atoms with Crippen molar-refractivity contribution in [3.8, 4) is 22.3 Å². The van der Waals surface area contributed by atoms with E-state index < -0.39 is 0 Å². The maximum absolute atomic E-state index is 2.56. The molecule has 0 heterocycles. The number of benzene rings is 8.